The van der Waals surface area contributed by atoms with Crippen molar-refractivity contribution in [1.82, 2.24) is 0 Å². The lowest BCUT2D eigenvalue weighted by Crippen LogP contribution is -2.09. The van der Waals surface area contributed by atoms with Gasteiger partial charge in [0.1, 0.15) is 0 Å². The van der Waals surface area contributed by atoms with E-state index in [4.69, 9.17) is 0 Å². The third kappa shape index (κ3) is 7.20. The molecule has 65 heavy (non-hydrogen) atoms. The first-order valence-corrected chi connectivity index (χ1v) is 21.8. The lowest BCUT2D eigenvalue weighted by atomic mass is 9.90. The van der Waals surface area contributed by atoms with E-state index in [0.29, 0.717) is 16.8 Å². The number of fused-ring (bicyclic) bond motifs is 5. The van der Waals surface area contributed by atoms with Gasteiger partial charge in [0, 0.05) is 17.1 Å². The Morgan fingerprint density at radius 2 is 0.692 bits per heavy atom. The van der Waals surface area contributed by atoms with Crippen LogP contribution in [0.4, 0.5) is 17.1 Å². The zero-order chi connectivity index (χ0) is 50.1. The van der Waals surface area contributed by atoms with Gasteiger partial charge in [0.25, 0.3) is 0 Å². The molecule has 0 saturated heterocycles. The van der Waals surface area contributed by atoms with Crippen LogP contribution in [0.1, 0.15) is 11.0 Å². The first kappa shape index (κ1) is 30.5. The maximum Gasteiger partial charge on any atom is 0.0645 e. The van der Waals surface area contributed by atoms with Gasteiger partial charge in [-0.25, -0.2) is 0 Å². The van der Waals surface area contributed by atoms with Crippen molar-refractivity contribution in [2.45, 2.75) is 0 Å². The molecule has 1 heteroatoms. The van der Waals surface area contributed by atoms with Crippen molar-refractivity contribution >= 4 is 60.2 Å². The number of hydrogen-bond donors (Lipinski definition) is 0. The Kier molecular flexibility index (Phi) is 7.66. The van der Waals surface area contributed by atoms with E-state index in [2.05, 4.69) is 66.7 Å². The zero-order valence-electron chi connectivity index (χ0n) is 43.2. The molecule has 12 aromatic rings. The van der Waals surface area contributed by atoms with Gasteiger partial charge in [0.2, 0.25) is 0 Å². The Bertz CT molecular complexity index is 4120. The molecule has 12 aromatic carbocycles. The summed E-state index contributed by atoms with van der Waals surface area (Å²) in [5.74, 6) is 0. The van der Waals surface area contributed by atoms with Crippen LogP contribution in [-0.4, -0.2) is 0 Å². The Morgan fingerprint density at radius 1 is 0.246 bits per heavy atom. The fourth-order valence-corrected chi connectivity index (χ4v) is 9.08. The van der Waals surface area contributed by atoms with Gasteiger partial charge < -0.3 is 4.90 Å². The molecule has 304 valence electrons. The Morgan fingerprint density at radius 3 is 1.40 bits per heavy atom. The summed E-state index contributed by atoms with van der Waals surface area (Å²) in [6.07, 6.45) is 0. The van der Waals surface area contributed by atoms with Crippen LogP contribution in [0.5, 0.6) is 0 Å². The van der Waals surface area contributed by atoms with Crippen molar-refractivity contribution in [3.8, 4) is 55.6 Å². The SMILES string of the molecule is [2H]c1c([2H])c(N(c2ccc(-c3ccc4ccccc4c3-c3ccccc3)cc2)c2c([2H])c([2H])c(-c3ccc4c(ccc5ccccc54)c3)c([2H])c2[2H])c([2H])c([2H])c1-c1ccc(-c2ccc3ccccc3c2)cc1. The van der Waals surface area contributed by atoms with Crippen LogP contribution in [-0.2, 0) is 0 Å². The minimum absolute atomic E-state index is 0.0999. The van der Waals surface area contributed by atoms with Gasteiger partial charge in [-0.05, 0) is 147 Å². The minimum Gasteiger partial charge on any atom is -0.311 e. The van der Waals surface area contributed by atoms with Gasteiger partial charge in [-0.15, -0.1) is 0 Å². The van der Waals surface area contributed by atoms with Crippen molar-refractivity contribution in [1.29, 1.82) is 0 Å². The summed E-state index contributed by atoms with van der Waals surface area (Å²) in [5.41, 5.74) is 6.94. The van der Waals surface area contributed by atoms with E-state index < -0.39 is 24.2 Å². The molecule has 0 amide bonds. The quantitative estimate of drug-likeness (QED) is 0.138. The lowest BCUT2D eigenvalue weighted by Gasteiger charge is -2.26. The second-order valence-electron chi connectivity index (χ2n) is 16.3. The predicted molar refractivity (Wildman–Crippen MR) is 278 cm³/mol. The summed E-state index contributed by atoms with van der Waals surface area (Å²) in [7, 11) is 0. The summed E-state index contributed by atoms with van der Waals surface area (Å²) in [6, 6.07) is 66.6. The second kappa shape index (κ2) is 16.3. The molecule has 0 heterocycles. The highest BCUT2D eigenvalue weighted by Gasteiger charge is 2.17. The van der Waals surface area contributed by atoms with Gasteiger partial charge in [0.05, 0.1) is 11.0 Å². The number of nitrogens with zero attached hydrogens (tertiary/aromatic N) is 1. The number of benzene rings is 12. The Labute approximate surface area is 391 Å². The fraction of sp³-hybridized carbons (Fsp3) is 0. The largest absolute Gasteiger partial charge is 0.311 e. The van der Waals surface area contributed by atoms with Gasteiger partial charge in [-0.3, -0.25) is 0 Å². The predicted octanol–water partition coefficient (Wildman–Crippen LogP) is 18.1. The summed E-state index contributed by atoms with van der Waals surface area (Å²) < 4.78 is 77.0. The van der Waals surface area contributed by atoms with Crippen molar-refractivity contribution in [3.63, 3.8) is 0 Å². The molecule has 0 aliphatic rings. The van der Waals surface area contributed by atoms with E-state index >= 15 is 0 Å². The first-order chi connectivity index (χ1) is 35.5. The summed E-state index contributed by atoms with van der Waals surface area (Å²) >= 11 is 0. The highest BCUT2D eigenvalue weighted by Crippen LogP contribution is 2.42. The molecule has 0 aliphatic carbocycles. The average Bonchev–Trinajstić information content (AvgIpc) is 3.43. The van der Waals surface area contributed by atoms with Crippen molar-refractivity contribution in [2.24, 2.45) is 0 Å². The van der Waals surface area contributed by atoms with E-state index in [-0.39, 0.29) is 46.7 Å². The van der Waals surface area contributed by atoms with Crippen LogP contribution < -0.4 is 4.90 Å². The highest BCUT2D eigenvalue weighted by atomic mass is 15.1. The van der Waals surface area contributed by atoms with Crippen LogP contribution in [0.3, 0.4) is 0 Å². The monoisotopic (exact) mass is 833 g/mol. The van der Waals surface area contributed by atoms with Crippen molar-refractivity contribution in [2.75, 3.05) is 4.90 Å². The van der Waals surface area contributed by atoms with Crippen molar-refractivity contribution < 1.29 is 11.0 Å². The summed E-state index contributed by atoms with van der Waals surface area (Å²) in [4.78, 5) is 1.37. The molecule has 0 saturated carbocycles. The second-order valence-corrected chi connectivity index (χ2v) is 16.3. The van der Waals surface area contributed by atoms with E-state index in [0.717, 1.165) is 76.5 Å². The van der Waals surface area contributed by atoms with Crippen LogP contribution in [0.15, 0.2) is 261 Å². The zero-order valence-corrected chi connectivity index (χ0v) is 35.2. The molecule has 1 nitrogen and oxygen atoms in total. The van der Waals surface area contributed by atoms with E-state index in [1.54, 1.807) is 24.3 Å². The van der Waals surface area contributed by atoms with E-state index in [1.807, 2.05) is 121 Å². The number of rotatable bonds is 8. The molecule has 0 N–H and O–H groups in total. The van der Waals surface area contributed by atoms with Crippen LogP contribution >= 0.6 is 0 Å². The molecular formula is C64H43N. The van der Waals surface area contributed by atoms with E-state index in [1.165, 1.54) is 4.90 Å². The van der Waals surface area contributed by atoms with Crippen LogP contribution in [0.25, 0.3) is 98.7 Å². The third-order valence-corrected chi connectivity index (χ3v) is 12.4. The Balaban J connectivity index is 1.02. The topological polar surface area (TPSA) is 3.24 Å². The lowest BCUT2D eigenvalue weighted by molar-refractivity contribution is 1.28. The molecule has 0 aliphatic heterocycles. The summed E-state index contributed by atoms with van der Waals surface area (Å²) in [6.45, 7) is 0. The van der Waals surface area contributed by atoms with Gasteiger partial charge in [-0.1, -0.05) is 212 Å². The molecule has 0 spiro atoms. The molecule has 0 unspecified atom stereocenters. The highest BCUT2D eigenvalue weighted by molar-refractivity contribution is 6.08. The molecule has 0 fully saturated rings. The Hall–Kier alpha value is -8.52. The maximum absolute atomic E-state index is 9.71. The van der Waals surface area contributed by atoms with Gasteiger partial charge in [-0.2, -0.15) is 0 Å². The minimum atomic E-state index is -0.401. The van der Waals surface area contributed by atoms with Gasteiger partial charge in [0.15, 0.2) is 0 Å². The van der Waals surface area contributed by atoms with Crippen LogP contribution in [0, 0.1) is 0 Å². The molecule has 0 atom stereocenters. The standard InChI is InChI=1S/C64H43N/c1-2-13-52(14-3-1)64-62-17-9-7-12-50(62)32-41-63(64)51-30-38-59(39-31-51)65(58-36-28-48(29-37-58)55-33-40-61-56(43-55)25-23-49-11-6-8-16-60(49)61)57-34-26-46(27-35-57)45-18-20-47(21-19-45)54-24-22-44-10-4-5-15-53(44)42-54/h1-43H/i26D,27D,28D,29D,34D,35D,36D,37D. The smallest absolute Gasteiger partial charge is 0.0645 e. The summed E-state index contributed by atoms with van der Waals surface area (Å²) in [5, 5.41) is 8.41. The average molecular weight is 834 g/mol. The first-order valence-electron chi connectivity index (χ1n) is 25.8. The van der Waals surface area contributed by atoms with Crippen LogP contribution in [0.2, 0.25) is 0 Å². The fourth-order valence-electron chi connectivity index (χ4n) is 9.08. The molecule has 0 radical (unpaired) electrons. The van der Waals surface area contributed by atoms with E-state index in [9.17, 15) is 11.0 Å². The third-order valence-electron chi connectivity index (χ3n) is 12.4. The normalized spacial score (nSPS) is 13.1. The molecule has 0 aromatic heterocycles. The number of hydrogen-bond acceptors (Lipinski definition) is 1. The molecular weight excluding hydrogens is 783 g/mol. The maximum atomic E-state index is 9.71. The molecule has 0 bridgehead atoms. The molecule has 12 rings (SSSR count). The van der Waals surface area contributed by atoms with Crippen molar-refractivity contribution in [3.05, 3.63) is 261 Å². The van der Waals surface area contributed by atoms with Gasteiger partial charge >= 0.3 is 0 Å². The number of anilines is 3.